The van der Waals surface area contributed by atoms with Crippen LogP contribution in [0.2, 0.25) is 5.02 Å². The summed E-state index contributed by atoms with van der Waals surface area (Å²) in [6, 6.07) is 17.9. The van der Waals surface area contributed by atoms with Crippen LogP contribution in [-0.2, 0) is 12.2 Å². The molecule has 24 heavy (non-hydrogen) atoms. The summed E-state index contributed by atoms with van der Waals surface area (Å²) in [5.74, 6) is 1.26. The molecule has 0 bridgehead atoms. The van der Waals surface area contributed by atoms with Crippen molar-refractivity contribution in [2.24, 2.45) is 0 Å². The van der Waals surface area contributed by atoms with E-state index in [4.69, 9.17) is 16.0 Å². The van der Waals surface area contributed by atoms with E-state index in [1.54, 1.807) is 0 Å². The molecule has 2 aromatic carbocycles. The summed E-state index contributed by atoms with van der Waals surface area (Å²) in [5.41, 5.74) is 6.38. The van der Waals surface area contributed by atoms with E-state index in [0.29, 0.717) is 16.9 Å². The summed E-state index contributed by atoms with van der Waals surface area (Å²) in [4.78, 5) is 0. The topological polar surface area (TPSA) is 66.6 Å². The summed E-state index contributed by atoms with van der Waals surface area (Å²) < 4.78 is 5.71. The molecule has 3 N–H and O–H groups in total. The second-order valence-corrected chi connectivity index (χ2v) is 6.51. The highest BCUT2D eigenvalue weighted by Crippen LogP contribution is 2.26. The Labute approximate surface area is 156 Å². The third-order valence-corrected chi connectivity index (χ3v) is 4.64. The normalized spacial score (nSPS) is 11.8. The minimum absolute atomic E-state index is 0. The van der Waals surface area contributed by atoms with Gasteiger partial charge >= 0.3 is 0 Å². The molecule has 1 atom stereocenters. The van der Waals surface area contributed by atoms with Crippen molar-refractivity contribution in [2.45, 2.75) is 23.4 Å². The van der Waals surface area contributed by atoms with Crippen LogP contribution in [0, 0.1) is 0 Å². The number of aromatic nitrogens is 2. The number of rotatable bonds is 6. The summed E-state index contributed by atoms with van der Waals surface area (Å²) in [6.45, 7) is 0. The van der Waals surface area contributed by atoms with E-state index in [1.165, 1.54) is 17.3 Å². The minimum atomic E-state index is -0.0560. The van der Waals surface area contributed by atoms with Crippen molar-refractivity contribution in [3.63, 3.8) is 0 Å². The second-order valence-electron chi connectivity index (χ2n) is 5.17. The predicted octanol–water partition coefficient (Wildman–Crippen LogP) is 0.545. The van der Waals surface area contributed by atoms with Crippen LogP contribution < -0.4 is 18.1 Å². The number of benzene rings is 2. The van der Waals surface area contributed by atoms with Crippen LogP contribution in [0.15, 0.2) is 64.2 Å². The highest BCUT2D eigenvalue weighted by molar-refractivity contribution is 7.98. The zero-order valence-corrected chi connectivity index (χ0v) is 15.2. The van der Waals surface area contributed by atoms with Crippen LogP contribution in [0.25, 0.3) is 0 Å². The first-order valence-electron chi connectivity index (χ1n) is 7.29. The third-order valence-electron chi connectivity index (χ3n) is 3.41. The molecule has 0 radical (unpaired) electrons. The highest BCUT2D eigenvalue weighted by Gasteiger charge is 2.18. The monoisotopic (exact) mass is 381 g/mol. The van der Waals surface area contributed by atoms with Gasteiger partial charge in [-0.3, -0.25) is 0 Å². The maximum absolute atomic E-state index is 6.15. The van der Waals surface area contributed by atoms with Crippen LogP contribution >= 0.6 is 23.4 Å². The van der Waals surface area contributed by atoms with Crippen LogP contribution in [0.1, 0.15) is 23.1 Å². The van der Waals surface area contributed by atoms with E-state index in [9.17, 15) is 0 Å². The van der Waals surface area contributed by atoms with Gasteiger partial charge < -0.3 is 22.6 Å². The van der Waals surface area contributed by atoms with Gasteiger partial charge in [0.2, 0.25) is 0 Å². The van der Waals surface area contributed by atoms with Gasteiger partial charge in [0, 0.05) is 17.2 Å². The first kappa shape index (κ1) is 18.8. The molecular weight excluding hydrogens is 365 g/mol. The predicted molar refractivity (Wildman–Crippen MR) is 91.1 cm³/mol. The average molecular weight is 382 g/mol. The van der Waals surface area contributed by atoms with E-state index in [2.05, 4.69) is 28.1 Å². The molecule has 7 heteroatoms. The lowest BCUT2D eigenvalue weighted by Gasteiger charge is -2.03. The Morgan fingerprint density at radius 1 is 1.04 bits per heavy atom. The van der Waals surface area contributed by atoms with Crippen molar-refractivity contribution < 1.29 is 22.6 Å². The maximum Gasteiger partial charge on any atom is 0.277 e. The van der Waals surface area contributed by atoms with E-state index in [-0.39, 0.29) is 18.4 Å². The first-order valence-corrected chi connectivity index (χ1v) is 8.65. The fourth-order valence-corrected chi connectivity index (χ4v) is 3.24. The number of thioether (sulfide) groups is 1. The minimum Gasteiger partial charge on any atom is -1.00 e. The van der Waals surface area contributed by atoms with Gasteiger partial charge in [0.05, 0.1) is 0 Å². The van der Waals surface area contributed by atoms with Gasteiger partial charge in [0.1, 0.15) is 0 Å². The Balaban J connectivity index is 0.00000208. The van der Waals surface area contributed by atoms with Gasteiger partial charge in [-0.15, -0.1) is 10.2 Å². The van der Waals surface area contributed by atoms with E-state index in [1.807, 2.05) is 42.5 Å². The summed E-state index contributed by atoms with van der Waals surface area (Å²) in [7, 11) is 0. The van der Waals surface area contributed by atoms with E-state index >= 15 is 0 Å². The smallest absolute Gasteiger partial charge is 0.277 e. The number of hydrogen-bond donors (Lipinski definition) is 1. The van der Waals surface area contributed by atoms with Gasteiger partial charge in [-0.05, 0) is 17.2 Å². The molecular formula is C17H17Cl2N3OS. The zero-order chi connectivity index (χ0) is 16.1. The van der Waals surface area contributed by atoms with Crippen molar-refractivity contribution in [1.29, 1.82) is 0 Å². The molecule has 0 unspecified atom stereocenters. The first-order chi connectivity index (χ1) is 11.2. The Kier molecular flexibility index (Phi) is 7.12. The second kappa shape index (κ2) is 9.08. The number of hydrogen-bond acceptors (Lipinski definition) is 4. The van der Waals surface area contributed by atoms with Crippen molar-refractivity contribution in [3.8, 4) is 0 Å². The van der Waals surface area contributed by atoms with Crippen LogP contribution in [0.3, 0.4) is 0 Å². The molecule has 0 aliphatic heterocycles. The molecule has 1 aromatic heterocycles. The largest absolute Gasteiger partial charge is 1.00 e. The molecule has 4 nitrogen and oxygen atoms in total. The average Bonchev–Trinajstić information content (AvgIpc) is 3.04. The van der Waals surface area contributed by atoms with Crippen molar-refractivity contribution in [1.82, 2.24) is 10.2 Å². The van der Waals surface area contributed by atoms with Crippen LogP contribution in [0.4, 0.5) is 0 Å². The lowest BCUT2D eigenvalue weighted by molar-refractivity contribution is -0.431. The maximum atomic E-state index is 6.15. The lowest BCUT2D eigenvalue weighted by Crippen LogP contribution is -3.00. The zero-order valence-electron chi connectivity index (χ0n) is 12.9. The SMILES string of the molecule is [Cl-].[NH3+][C@@H](Cc1ccccc1)c1nnc(SCc2ccccc2Cl)o1. The van der Waals surface area contributed by atoms with E-state index < -0.39 is 0 Å². The number of halogens is 2. The molecule has 0 saturated heterocycles. The van der Waals surface area contributed by atoms with Gasteiger partial charge in [-0.25, -0.2) is 0 Å². The highest BCUT2D eigenvalue weighted by atomic mass is 35.5. The molecule has 1 heterocycles. The molecule has 3 aromatic rings. The Morgan fingerprint density at radius 2 is 1.75 bits per heavy atom. The molecule has 0 amide bonds. The van der Waals surface area contributed by atoms with Crippen molar-refractivity contribution in [2.75, 3.05) is 0 Å². The summed E-state index contributed by atoms with van der Waals surface area (Å²) in [6.07, 6.45) is 0.775. The lowest BCUT2D eigenvalue weighted by atomic mass is 10.1. The fraction of sp³-hybridized carbons (Fsp3) is 0.176. The quantitative estimate of drug-likeness (QED) is 0.633. The van der Waals surface area contributed by atoms with Gasteiger partial charge in [-0.2, -0.15) is 0 Å². The van der Waals surface area contributed by atoms with Gasteiger partial charge in [0.25, 0.3) is 11.1 Å². The molecule has 0 aliphatic rings. The number of quaternary nitrogens is 1. The number of nitrogens with zero attached hydrogens (tertiary/aromatic N) is 2. The molecule has 3 rings (SSSR count). The van der Waals surface area contributed by atoms with Crippen LogP contribution in [-0.4, -0.2) is 10.2 Å². The Morgan fingerprint density at radius 3 is 2.50 bits per heavy atom. The van der Waals surface area contributed by atoms with Gasteiger partial charge in [-0.1, -0.05) is 71.9 Å². The van der Waals surface area contributed by atoms with Crippen molar-refractivity contribution in [3.05, 3.63) is 76.6 Å². The Bertz CT molecular complexity index is 767. The fourth-order valence-electron chi connectivity index (χ4n) is 2.18. The summed E-state index contributed by atoms with van der Waals surface area (Å²) >= 11 is 7.63. The van der Waals surface area contributed by atoms with Crippen LogP contribution in [0.5, 0.6) is 0 Å². The molecule has 126 valence electrons. The summed E-state index contributed by atoms with van der Waals surface area (Å²) in [5, 5.41) is 9.49. The van der Waals surface area contributed by atoms with Gasteiger partial charge in [0.15, 0.2) is 6.04 Å². The standard InChI is InChI=1S/C17H16ClN3OS.ClH/c18-14-9-5-4-8-13(14)11-23-17-21-20-16(22-17)15(19)10-12-6-2-1-3-7-12;/h1-9,15H,10-11,19H2;1H/t15-;/m0./s1. The Hall–Kier alpha value is -1.53. The third kappa shape index (κ3) is 4.98. The molecule has 0 saturated carbocycles. The molecule has 0 spiro atoms. The van der Waals surface area contributed by atoms with E-state index in [0.717, 1.165) is 17.0 Å². The van der Waals surface area contributed by atoms with Crippen molar-refractivity contribution >= 4 is 23.4 Å². The molecule has 0 fully saturated rings. The molecule has 0 aliphatic carbocycles.